The van der Waals surface area contributed by atoms with Crippen molar-refractivity contribution in [2.45, 2.75) is 0 Å². The number of esters is 3. The zero-order valence-electron chi connectivity index (χ0n) is 40.8. The molecule has 0 bridgehead atoms. The minimum absolute atomic E-state index is 0. The number of aromatic amines is 1. The van der Waals surface area contributed by atoms with Crippen molar-refractivity contribution < 1.29 is 77.1 Å². The van der Waals surface area contributed by atoms with Gasteiger partial charge < -0.3 is 46.1 Å². The molecule has 0 radical (unpaired) electrons. The molecular formula is C47H36FLiN16O13. The van der Waals surface area contributed by atoms with E-state index in [2.05, 4.69) is 49.2 Å². The Hall–Kier alpha value is -11.2. The third-order valence-corrected chi connectivity index (χ3v) is 10.1. The molecule has 0 aliphatic carbocycles. The van der Waals surface area contributed by atoms with Crippen molar-refractivity contribution in [3.05, 3.63) is 188 Å². The number of anilines is 2. The van der Waals surface area contributed by atoms with Gasteiger partial charge in [-0.3, -0.25) is 33.6 Å². The second-order valence-electron chi connectivity index (χ2n) is 14.6. The van der Waals surface area contributed by atoms with E-state index in [-0.39, 0.29) is 64.2 Å². The molecular weight excluding hydrogens is 1020 g/mol. The summed E-state index contributed by atoms with van der Waals surface area (Å²) in [6.07, 6.45) is 12.6. The van der Waals surface area contributed by atoms with E-state index >= 15 is 0 Å². The Labute approximate surface area is 447 Å². The summed E-state index contributed by atoms with van der Waals surface area (Å²) < 4.78 is 31.3. The number of aromatic carboxylic acids is 1. The molecule has 0 spiro atoms. The Kier molecular flexibility index (Phi) is 20.3. The Morgan fingerprint density at radius 2 is 1.17 bits per heavy atom. The Bertz CT molecular complexity index is 3950. The fourth-order valence-corrected chi connectivity index (χ4v) is 6.65. The average Bonchev–Trinajstić information content (AvgIpc) is 4.32. The number of ether oxygens (including phenoxy) is 3. The first-order valence-electron chi connectivity index (χ1n) is 21.0. The van der Waals surface area contributed by atoms with E-state index in [1.54, 1.807) is 76.3 Å². The number of hydrogen-bond acceptors (Lipinski definition) is 21. The van der Waals surface area contributed by atoms with Gasteiger partial charge in [0.25, 0.3) is 5.69 Å². The van der Waals surface area contributed by atoms with Gasteiger partial charge in [0.1, 0.15) is 18.0 Å². The minimum atomic E-state index is -1.06. The summed E-state index contributed by atoms with van der Waals surface area (Å²) in [4.78, 5) is 94.2. The number of H-pyrrole nitrogens is 1. The van der Waals surface area contributed by atoms with Crippen LogP contribution in [0.25, 0.3) is 43.9 Å². The number of aromatic nitrogens is 10. The third-order valence-electron chi connectivity index (χ3n) is 10.1. The molecule has 0 fully saturated rings. The molecule has 0 unspecified atom stereocenters. The van der Waals surface area contributed by atoms with E-state index in [1.807, 2.05) is 6.07 Å². The number of nitrogen functional groups attached to an aromatic ring is 2. The maximum absolute atomic E-state index is 12.9. The molecule has 390 valence electrons. The number of nitrogens with one attached hydrogen (secondary N) is 1. The van der Waals surface area contributed by atoms with Crippen LogP contribution in [-0.2, 0) is 14.2 Å². The number of carboxylic acids is 1. The van der Waals surface area contributed by atoms with Gasteiger partial charge in [-0.1, -0.05) is 0 Å². The molecule has 0 aliphatic heterocycles. The molecule has 7 N–H and O–H groups in total. The molecule has 4 aromatic carbocycles. The second kappa shape index (κ2) is 26.7. The van der Waals surface area contributed by atoms with Crippen LogP contribution >= 0.6 is 0 Å². The van der Waals surface area contributed by atoms with Gasteiger partial charge in [-0.25, -0.2) is 44.1 Å². The van der Waals surface area contributed by atoms with E-state index in [4.69, 9.17) is 33.1 Å². The molecule has 78 heavy (non-hydrogen) atoms. The topological polar surface area (TPSA) is 420 Å². The molecule has 6 aromatic heterocycles. The molecule has 10 rings (SSSR count). The van der Waals surface area contributed by atoms with E-state index in [1.165, 1.54) is 55.4 Å². The molecule has 6 heterocycles. The molecule has 0 atom stereocenters. The smallest absolute Gasteiger partial charge is 0.870 e. The maximum Gasteiger partial charge on any atom is 1.00 e. The van der Waals surface area contributed by atoms with Crippen LogP contribution in [0.3, 0.4) is 0 Å². The number of nitrogens with zero attached hydrogens (tertiary/aromatic N) is 13. The van der Waals surface area contributed by atoms with Crippen molar-refractivity contribution in [2.24, 2.45) is 0 Å². The maximum atomic E-state index is 12.9. The van der Waals surface area contributed by atoms with Crippen molar-refractivity contribution in [3.8, 4) is 11.8 Å². The van der Waals surface area contributed by atoms with Crippen LogP contribution in [0.2, 0.25) is 0 Å². The first kappa shape index (κ1) is 59.4. The summed E-state index contributed by atoms with van der Waals surface area (Å²) in [5.41, 5.74) is 15.4. The molecule has 0 aliphatic rings. The first-order valence-corrected chi connectivity index (χ1v) is 21.0. The van der Waals surface area contributed by atoms with Gasteiger partial charge in [0.2, 0.25) is 11.6 Å². The first-order chi connectivity index (χ1) is 36.4. The summed E-state index contributed by atoms with van der Waals surface area (Å²) in [6, 6.07) is 18.2. The van der Waals surface area contributed by atoms with E-state index in [0.717, 1.165) is 30.8 Å². The van der Waals surface area contributed by atoms with Gasteiger partial charge in [-0.05, 0) is 60.7 Å². The van der Waals surface area contributed by atoms with E-state index in [9.17, 15) is 43.8 Å². The molecule has 31 heteroatoms. The van der Waals surface area contributed by atoms with Gasteiger partial charge in [0, 0.05) is 49.3 Å². The summed E-state index contributed by atoms with van der Waals surface area (Å²) in [6.45, 7) is 6.39. The molecule has 0 saturated carbocycles. The number of nitrogens with two attached hydrogens (primary N) is 2. The Morgan fingerprint density at radius 3 is 1.60 bits per heavy atom. The van der Waals surface area contributed by atoms with Gasteiger partial charge in [0.05, 0.1) is 81.7 Å². The summed E-state index contributed by atoms with van der Waals surface area (Å²) in [5.74, 6) is -2.77. The average molecular weight is 1060 g/mol. The van der Waals surface area contributed by atoms with Crippen molar-refractivity contribution in [1.29, 1.82) is 5.26 Å². The number of imidazole rings is 4. The number of nitro benzene ring substituents is 2. The summed E-state index contributed by atoms with van der Waals surface area (Å²) >= 11 is 0. The van der Waals surface area contributed by atoms with Crippen molar-refractivity contribution in [2.75, 3.05) is 32.8 Å². The van der Waals surface area contributed by atoms with Gasteiger partial charge in [-0.2, -0.15) is 14.6 Å². The Balaban J connectivity index is 0.000000215. The zero-order chi connectivity index (χ0) is 55.2. The SMILES string of the molecule is COC(=O)c1ccc([N+](=O)[O-])c(-n2ccnc2C#N)c1.COC(=O)c1ccc([N+](=O)[O-])c(F)c1.COC(=O)c1ccc2nc(N)c3nccn3c2c1.Nc1nc2ccc(C(=O)O)cc2n2ccnc12.[C-]#[N+]c1ncc[nH]1.[Li+].[OH-]. The van der Waals surface area contributed by atoms with Crippen molar-refractivity contribution in [1.82, 2.24) is 48.3 Å². The van der Waals surface area contributed by atoms with Gasteiger partial charge in [-0.15, -0.1) is 6.57 Å². The predicted octanol–water partition coefficient (Wildman–Crippen LogP) is 3.16. The number of carbonyl (C=O) groups excluding carboxylic acids is 3. The number of methoxy groups -OCH3 is 3. The monoisotopic (exact) mass is 1060 g/mol. The molecule has 0 amide bonds. The van der Waals surface area contributed by atoms with Crippen LogP contribution in [0, 0.1) is 43.9 Å². The second-order valence-corrected chi connectivity index (χ2v) is 14.6. The van der Waals surface area contributed by atoms with Crippen LogP contribution in [0.15, 0.2) is 122 Å². The normalized spacial score (nSPS) is 9.87. The predicted molar refractivity (Wildman–Crippen MR) is 266 cm³/mol. The number of nitro groups is 2. The van der Waals surface area contributed by atoms with Gasteiger partial charge >= 0.3 is 54.4 Å². The van der Waals surface area contributed by atoms with E-state index < -0.39 is 39.3 Å². The number of carboxylic acid groups (broad SMARTS) is 1. The minimum Gasteiger partial charge on any atom is -0.870 e. The molecule has 29 nitrogen and oxygen atoms in total. The standard InChI is InChI=1S/C12H8N4O4.C12H10N4O2.C11H8N4O2.C8H6FNO4.C4H3N3.Li.H2O/c1-20-12(17)8-2-3-9(16(18)19)10(6-8)15-5-4-14-11(15)7-13;1-18-12(17)7-2-3-8-9(6-7)16-5-4-14-11(16)10(13)15-8;12-9-10-13-3-4-15(10)8-5-6(11(16)17)1-2-7(8)14-9;1-14-8(11)5-2-3-7(10(12)13)6(9)4-5;1-5-4-6-2-3-7-4;;/h2-6H,1H3;2-6H,1H3,(H2,13,15);1-5H,(H2,12,14)(H,16,17);2-4H,1H3;2-3H,(H,6,7);;1H2/q;;;;;+1;/p-1. The number of benzene rings is 4. The summed E-state index contributed by atoms with van der Waals surface area (Å²) in [7, 11) is 3.70. The summed E-state index contributed by atoms with van der Waals surface area (Å²) in [5, 5.41) is 39.1. The van der Waals surface area contributed by atoms with Crippen LogP contribution < -0.4 is 30.3 Å². The van der Waals surface area contributed by atoms with Gasteiger partial charge in [0.15, 0.2) is 22.9 Å². The fourth-order valence-electron chi connectivity index (χ4n) is 6.65. The molecule has 0 saturated heterocycles. The number of carbonyl (C=O) groups is 4. The van der Waals surface area contributed by atoms with E-state index in [0.29, 0.717) is 51.0 Å². The third kappa shape index (κ3) is 13.5. The number of nitriles is 1. The fraction of sp³-hybridized carbons (Fsp3) is 0.0638. The van der Waals surface area contributed by atoms with Crippen LogP contribution in [-0.4, -0.2) is 114 Å². The Morgan fingerprint density at radius 1 is 0.705 bits per heavy atom. The number of hydrogen-bond donors (Lipinski definition) is 4. The van der Waals surface area contributed by atoms with Crippen molar-refractivity contribution >= 4 is 86.2 Å². The zero-order valence-corrected chi connectivity index (χ0v) is 40.8. The largest absolute Gasteiger partial charge is 1.00 e. The number of rotatable bonds is 7. The number of halogens is 1. The van der Waals surface area contributed by atoms with Crippen LogP contribution in [0.5, 0.6) is 0 Å². The number of fused-ring (bicyclic) bond motifs is 6. The van der Waals surface area contributed by atoms with Crippen LogP contribution in [0.1, 0.15) is 47.3 Å². The van der Waals surface area contributed by atoms with Crippen molar-refractivity contribution in [3.63, 3.8) is 0 Å². The van der Waals surface area contributed by atoms with Crippen LogP contribution in [0.4, 0.5) is 33.3 Å². The quantitative estimate of drug-likeness (QED) is 0.0444. The molecule has 10 aromatic rings.